The summed E-state index contributed by atoms with van der Waals surface area (Å²) in [5, 5.41) is 16.3. The van der Waals surface area contributed by atoms with E-state index in [0.29, 0.717) is 9.35 Å². The van der Waals surface area contributed by atoms with Crippen LogP contribution in [-0.2, 0) is 4.79 Å². The minimum Gasteiger partial charge on any atom is -0.481 e. The Morgan fingerprint density at radius 2 is 2.19 bits per heavy atom. The Morgan fingerprint density at radius 3 is 2.56 bits per heavy atom. The van der Waals surface area contributed by atoms with Gasteiger partial charge in [-0.15, -0.1) is 10.2 Å². The van der Waals surface area contributed by atoms with E-state index >= 15 is 0 Å². The first-order valence-electron chi connectivity index (χ1n) is 4.03. The molecule has 0 radical (unpaired) electrons. The van der Waals surface area contributed by atoms with E-state index in [9.17, 15) is 18.0 Å². The monoisotopic (exact) mass is 272 g/mol. The zero-order valence-corrected chi connectivity index (χ0v) is 9.62. The van der Waals surface area contributed by atoms with E-state index in [-0.39, 0.29) is 0 Å². The van der Waals surface area contributed by atoms with Crippen molar-refractivity contribution in [1.82, 2.24) is 10.2 Å². The molecule has 0 aliphatic carbocycles. The molecule has 0 aliphatic heterocycles. The van der Waals surface area contributed by atoms with Gasteiger partial charge in [-0.05, 0) is 6.92 Å². The van der Waals surface area contributed by atoms with Gasteiger partial charge in [-0.3, -0.25) is 4.79 Å². The summed E-state index contributed by atoms with van der Waals surface area (Å²) in [4.78, 5) is 10.4. The molecule has 0 saturated carbocycles. The zero-order chi connectivity index (χ0) is 12.3. The normalized spacial score (nSPS) is 13.8. The van der Waals surface area contributed by atoms with Crippen molar-refractivity contribution < 1.29 is 23.1 Å². The average Bonchev–Trinajstić information content (AvgIpc) is 2.48. The molecule has 0 aliphatic rings. The molecule has 1 N–H and O–H groups in total. The summed E-state index contributed by atoms with van der Waals surface area (Å²) in [6.07, 6.45) is -4.74. The number of thioether (sulfide) groups is 1. The lowest BCUT2D eigenvalue weighted by Gasteiger charge is -2.14. The van der Waals surface area contributed by atoms with E-state index in [0.717, 1.165) is 23.1 Å². The summed E-state index contributed by atoms with van der Waals surface area (Å²) < 4.78 is 37.1. The van der Waals surface area contributed by atoms with Crippen molar-refractivity contribution in [3.63, 3.8) is 0 Å². The number of hydrogen-bond acceptors (Lipinski definition) is 5. The fourth-order valence-corrected chi connectivity index (χ4v) is 2.75. The van der Waals surface area contributed by atoms with Gasteiger partial charge in [0.25, 0.3) is 0 Å². The van der Waals surface area contributed by atoms with E-state index in [1.54, 1.807) is 6.92 Å². The van der Waals surface area contributed by atoms with Crippen molar-refractivity contribution >= 4 is 29.1 Å². The number of carbonyl (C=O) groups is 1. The van der Waals surface area contributed by atoms with Crippen LogP contribution in [0.1, 0.15) is 5.01 Å². The maximum absolute atomic E-state index is 12.3. The Balaban J connectivity index is 2.61. The lowest BCUT2D eigenvalue weighted by atomic mass is 10.2. The van der Waals surface area contributed by atoms with Crippen LogP contribution in [-0.4, -0.2) is 33.2 Å². The molecule has 16 heavy (non-hydrogen) atoms. The van der Waals surface area contributed by atoms with Gasteiger partial charge in [-0.1, -0.05) is 23.1 Å². The number of aliphatic carboxylic acids is 1. The molecular weight excluding hydrogens is 265 g/mol. The highest BCUT2D eigenvalue weighted by Crippen LogP contribution is 2.32. The van der Waals surface area contributed by atoms with Gasteiger partial charge < -0.3 is 5.11 Å². The molecule has 4 nitrogen and oxygen atoms in total. The maximum atomic E-state index is 12.3. The predicted octanol–water partition coefficient (Wildman–Crippen LogP) is 2.20. The SMILES string of the molecule is Cc1nnc(SCC(C(=O)O)C(F)(F)F)s1. The zero-order valence-electron chi connectivity index (χ0n) is 7.98. The van der Waals surface area contributed by atoms with E-state index in [1.807, 2.05) is 0 Å². The van der Waals surface area contributed by atoms with Crippen LogP contribution in [0.25, 0.3) is 0 Å². The molecule has 1 unspecified atom stereocenters. The van der Waals surface area contributed by atoms with E-state index in [1.165, 1.54) is 0 Å². The van der Waals surface area contributed by atoms with Gasteiger partial charge in [-0.25, -0.2) is 0 Å². The minimum absolute atomic E-state index is 0.341. The second-order valence-corrected chi connectivity index (χ2v) is 5.28. The molecule has 0 aromatic carbocycles. The highest BCUT2D eigenvalue weighted by atomic mass is 32.2. The Bertz CT molecular complexity index is 380. The van der Waals surface area contributed by atoms with Crippen molar-refractivity contribution in [1.29, 1.82) is 0 Å². The Labute approximate surface area is 96.9 Å². The second kappa shape index (κ2) is 5.00. The number of halogens is 3. The average molecular weight is 272 g/mol. The Kier molecular flexibility index (Phi) is 4.14. The van der Waals surface area contributed by atoms with Crippen LogP contribution < -0.4 is 0 Å². The second-order valence-electron chi connectivity index (χ2n) is 2.83. The van der Waals surface area contributed by atoms with Crippen LogP contribution in [0.2, 0.25) is 0 Å². The molecule has 1 aromatic rings. The third-order valence-electron chi connectivity index (χ3n) is 1.57. The molecule has 0 saturated heterocycles. The number of alkyl halides is 3. The first-order valence-corrected chi connectivity index (χ1v) is 5.83. The Morgan fingerprint density at radius 1 is 1.56 bits per heavy atom. The quantitative estimate of drug-likeness (QED) is 0.851. The minimum atomic E-state index is -4.74. The fraction of sp³-hybridized carbons (Fsp3) is 0.571. The first-order chi connectivity index (χ1) is 7.30. The standard InChI is InChI=1S/C7H7F3N2O2S2/c1-3-11-12-6(16-3)15-2-4(5(13)14)7(8,9)10/h4H,2H2,1H3,(H,13,14). The van der Waals surface area contributed by atoms with Gasteiger partial charge in [0.15, 0.2) is 10.3 Å². The predicted molar refractivity (Wildman–Crippen MR) is 52.6 cm³/mol. The molecule has 0 fully saturated rings. The van der Waals surface area contributed by atoms with Crippen LogP contribution in [0, 0.1) is 12.8 Å². The largest absolute Gasteiger partial charge is 0.481 e. The smallest absolute Gasteiger partial charge is 0.403 e. The van der Waals surface area contributed by atoms with Crippen LogP contribution in [0.15, 0.2) is 4.34 Å². The fourth-order valence-electron chi connectivity index (χ4n) is 0.797. The van der Waals surface area contributed by atoms with Gasteiger partial charge in [0.1, 0.15) is 5.01 Å². The van der Waals surface area contributed by atoms with Crippen molar-refractivity contribution in [2.24, 2.45) is 5.92 Å². The number of aryl methyl sites for hydroxylation is 1. The molecule has 0 amide bonds. The van der Waals surface area contributed by atoms with Gasteiger partial charge >= 0.3 is 12.1 Å². The lowest BCUT2D eigenvalue weighted by Crippen LogP contribution is -2.32. The van der Waals surface area contributed by atoms with Crippen LogP contribution in [0.5, 0.6) is 0 Å². The van der Waals surface area contributed by atoms with Crippen molar-refractivity contribution in [2.45, 2.75) is 17.4 Å². The molecule has 1 rings (SSSR count). The third-order valence-corrected chi connectivity index (χ3v) is 3.64. The van der Waals surface area contributed by atoms with Crippen molar-refractivity contribution in [3.05, 3.63) is 5.01 Å². The highest BCUT2D eigenvalue weighted by Gasteiger charge is 2.45. The lowest BCUT2D eigenvalue weighted by molar-refractivity contribution is -0.188. The number of hydrogen-bond donors (Lipinski definition) is 1. The number of rotatable bonds is 4. The molecule has 0 bridgehead atoms. The third kappa shape index (κ3) is 3.63. The summed E-state index contributed by atoms with van der Waals surface area (Å²) in [5.74, 6) is -4.84. The molecule has 0 spiro atoms. The maximum Gasteiger partial charge on any atom is 0.403 e. The molecule has 1 aromatic heterocycles. The summed E-state index contributed by atoms with van der Waals surface area (Å²) >= 11 is 1.88. The summed E-state index contributed by atoms with van der Waals surface area (Å²) in [5.41, 5.74) is 0. The summed E-state index contributed by atoms with van der Waals surface area (Å²) in [6.45, 7) is 1.67. The topological polar surface area (TPSA) is 63.1 Å². The van der Waals surface area contributed by atoms with Gasteiger partial charge in [0.05, 0.1) is 0 Å². The number of nitrogens with zero attached hydrogens (tertiary/aromatic N) is 2. The van der Waals surface area contributed by atoms with E-state index in [4.69, 9.17) is 5.11 Å². The van der Waals surface area contributed by atoms with Crippen molar-refractivity contribution in [3.8, 4) is 0 Å². The van der Waals surface area contributed by atoms with Crippen LogP contribution >= 0.6 is 23.1 Å². The van der Waals surface area contributed by atoms with E-state index in [2.05, 4.69) is 10.2 Å². The van der Waals surface area contributed by atoms with Crippen LogP contribution in [0.4, 0.5) is 13.2 Å². The first kappa shape index (κ1) is 13.2. The highest BCUT2D eigenvalue weighted by molar-refractivity contribution is 8.01. The molecule has 1 heterocycles. The number of aromatic nitrogens is 2. The molecular formula is C7H7F3N2O2S2. The summed E-state index contributed by atoms with van der Waals surface area (Å²) in [7, 11) is 0. The number of carboxylic acid groups (broad SMARTS) is 1. The van der Waals surface area contributed by atoms with Gasteiger partial charge in [0, 0.05) is 5.75 Å². The summed E-state index contributed by atoms with van der Waals surface area (Å²) in [6, 6.07) is 0. The molecule has 90 valence electrons. The van der Waals surface area contributed by atoms with Gasteiger partial charge in [-0.2, -0.15) is 13.2 Å². The van der Waals surface area contributed by atoms with Crippen LogP contribution in [0.3, 0.4) is 0 Å². The Hall–Kier alpha value is -0.830. The number of carboxylic acids is 1. The van der Waals surface area contributed by atoms with Gasteiger partial charge in [0.2, 0.25) is 0 Å². The molecule has 1 atom stereocenters. The van der Waals surface area contributed by atoms with Crippen molar-refractivity contribution in [2.75, 3.05) is 5.75 Å². The molecule has 9 heteroatoms. The van der Waals surface area contributed by atoms with E-state index < -0.39 is 23.8 Å².